The summed E-state index contributed by atoms with van der Waals surface area (Å²) < 4.78 is 6.09. The number of fused-ring (bicyclic) bond motifs is 1. The second kappa shape index (κ2) is 4.83. The van der Waals surface area contributed by atoms with Gasteiger partial charge in [0.25, 0.3) is 0 Å². The van der Waals surface area contributed by atoms with Crippen molar-refractivity contribution in [2.45, 2.75) is 64.9 Å². The monoisotopic (exact) mass is 248 g/mol. The summed E-state index contributed by atoms with van der Waals surface area (Å²) in [4.78, 5) is 0. The van der Waals surface area contributed by atoms with E-state index < -0.39 is 0 Å². The maximum absolute atomic E-state index is 9.86. The number of hydrogen-bond donors (Lipinski definition) is 1. The summed E-state index contributed by atoms with van der Waals surface area (Å²) in [5.41, 5.74) is 2.11. The minimum absolute atomic E-state index is 0.0805. The van der Waals surface area contributed by atoms with Gasteiger partial charge in [0.2, 0.25) is 0 Å². The van der Waals surface area contributed by atoms with Gasteiger partial charge in [-0.05, 0) is 42.9 Å². The van der Waals surface area contributed by atoms with E-state index in [9.17, 15) is 5.11 Å². The second-order valence-corrected chi connectivity index (χ2v) is 6.10. The number of aryl methyl sites for hydroxylation is 1. The van der Waals surface area contributed by atoms with Crippen molar-refractivity contribution >= 4 is 0 Å². The van der Waals surface area contributed by atoms with Gasteiger partial charge < -0.3 is 9.84 Å². The highest BCUT2D eigenvalue weighted by Gasteiger charge is 2.34. The maximum atomic E-state index is 9.86. The van der Waals surface area contributed by atoms with E-state index in [0.717, 1.165) is 29.7 Å². The van der Waals surface area contributed by atoms with E-state index in [1.807, 2.05) is 19.1 Å². The van der Waals surface area contributed by atoms with Crippen LogP contribution < -0.4 is 4.74 Å². The summed E-state index contributed by atoms with van der Waals surface area (Å²) >= 11 is 0. The zero-order valence-corrected chi connectivity index (χ0v) is 11.9. The summed E-state index contributed by atoms with van der Waals surface area (Å²) in [7, 11) is 0. The lowest BCUT2D eigenvalue weighted by Crippen LogP contribution is -2.34. The number of phenolic OH excluding ortho intramolecular Hbond substituents is 1. The molecule has 1 atom stereocenters. The average molecular weight is 248 g/mol. The van der Waals surface area contributed by atoms with Crippen molar-refractivity contribution in [1.82, 2.24) is 0 Å². The summed E-state index contributed by atoms with van der Waals surface area (Å²) in [5, 5.41) is 9.86. The van der Waals surface area contributed by atoms with Gasteiger partial charge in [0.15, 0.2) is 0 Å². The van der Waals surface area contributed by atoms with Gasteiger partial charge in [-0.15, -0.1) is 0 Å². The molecule has 2 heteroatoms. The third-order valence-corrected chi connectivity index (χ3v) is 3.94. The van der Waals surface area contributed by atoms with Gasteiger partial charge in [0.05, 0.1) is 6.10 Å². The first-order valence-corrected chi connectivity index (χ1v) is 6.95. The van der Waals surface area contributed by atoms with Gasteiger partial charge >= 0.3 is 0 Å². The van der Waals surface area contributed by atoms with Gasteiger partial charge in [-0.3, -0.25) is 0 Å². The molecule has 1 unspecified atom stereocenters. The molecule has 0 saturated carbocycles. The van der Waals surface area contributed by atoms with E-state index in [-0.39, 0.29) is 5.41 Å². The van der Waals surface area contributed by atoms with E-state index in [1.54, 1.807) is 0 Å². The highest BCUT2D eigenvalue weighted by atomic mass is 16.5. The van der Waals surface area contributed by atoms with E-state index in [0.29, 0.717) is 11.9 Å². The Morgan fingerprint density at radius 1 is 1.39 bits per heavy atom. The van der Waals surface area contributed by atoms with Crippen molar-refractivity contribution in [3.8, 4) is 11.5 Å². The largest absolute Gasteiger partial charge is 0.508 e. The standard InChI is InChI=1S/C16H24O2/c1-5-6-7-12-10-16(3,4)13-9-14(17)11(2)8-15(13)18-12/h8-9,12,17H,5-7,10H2,1-4H3. The van der Waals surface area contributed by atoms with Crippen molar-refractivity contribution in [3.05, 3.63) is 23.3 Å². The lowest BCUT2D eigenvalue weighted by molar-refractivity contribution is 0.123. The topological polar surface area (TPSA) is 29.5 Å². The minimum Gasteiger partial charge on any atom is -0.508 e. The predicted octanol–water partition coefficient (Wildman–Crippen LogP) is 4.32. The van der Waals surface area contributed by atoms with Gasteiger partial charge in [0, 0.05) is 5.56 Å². The van der Waals surface area contributed by atoms with E-state index in [1.165, 1.54) is 12.8 Å². The summed E-state index contributed by atoms with van der Waals surface area (Å²) in [6.45, 7) is 8.61. The van der Waals surface area contributed by atoms with E-state index in [4.69, 9.17) is 4.74 Å². The molecule has 0 aliphatic carbocycles. The van der Waals surface area contributed by atoms with Crippen LogP contribution in [0.1, 0.15) is 57.6 Å². The van der Waals surface area contributed by atoms with Crippen LogP contribution in [0.4, 0.5) is 0 Å². The molecule has 1 aliphatic heterocycles. The number of ether oxygens (including phenoxy) is 1. The summed E-state index contributed by atoms with van der Waals surface area (Å²) in [5.74, 6) is 1.33. The molecule has 100 valence electrons. The summed E-state index contributed by atoms with van der Waals surface area (Å²) in [6.07, 6.45) is 4.90. The van der Waals surface area contributed by atoms with Crippen molar-refractivity contribution in [2.75, 3.05) is 0 Å². The highest BCUT2D eigenvalue weighted by molar-refractivity contribution is 5.49. The van der Waals surface area contributed by atoms with Gasteiger partial charge in [-0.2, -0.15) is 0 Å². The second-order valence-electron chi connectivity index (χ2n) is 6.10. The lowest BCUT2D eigenvalue weighted by atomic mass is 9.76. The molecule has 0 saturated heterocycles. The van der Waals surface area contributed by atoms with Crippen molar-refractivity contribution in [1.29, 1.82) is 0 Å². The average Bonchev–Trinajstić information content (AvgIpc) is 2.28. The number of phenols is 1. The molecule has 2 rings (SSSR count). The first kappa shape index (κ1) is 13.3. The molecular formula is C16H24O2. The molecule has 18 heavy (non-hydrogen) atoms. The Hall–Kier alpha value is -1.18. The molecule has 0 fully saturated rings. The molecule has 0 spiro atoms. The van der Waals surface area contributed by atoms with Crippen molar-refractivity contribution in [2.24, 2.45) is 0 Å². The molecular weight excluding hydrogens is 224 g/mol. The zero-order chi connectivity index (χ0) is 13.3. The van der Waals surface area contributed by atoms with Crippen LogP contribution in [0.3, 0.4) is 0 Å². The number of aromatic hydroxyl groups is 1. The summed E-state index contributed by atoms with van der Waals surface area (Å²) in [6, 6.07) is 3.85. The van der Waals surface area contributed by atoms with Gasteiger partial charge in [-0.1, -0.05) is 33.6 Å². The molecule has 0 radical (unpaired) electrons. The smallest absolute Gasteiger partial charge is 0.123 e. The first-order valence-electron chi connectivity index (χ1n) is 6.95. The molecule has 2 nitrogen and oxygen atoms in total. The number of benzene rings is 1. The SMILES string of the molecule is CCCCC1CC(C)(C)c2cc(O)c(C)cc2O1. The van der Waals surface area contributed by atoms with E-state index >= 15 is 0 Å². The Labute approximate surface area is 110 Å². The quantitative estimate of drug-likeness (QED) is 0.863. The third-order valence-electron chi connectivity index (χ3n) is 3.94. The minimum atomic E-state index is 0.0805. The van der Waals surface area contributed by atoms with Crippen LogP contribution in [-0.4, -0.2) is 11.2 Å². The Bertz CT molecular complexity index is 435. The number of hydrogen-bond acceptors (Lipinski definition) is 2. The zero-order valence-electron chi connectivity index (χ0n) is 11.9. The van der Waals surface area contributed by atoms with Crippen LogP contribution >= 0.6 is 0 Å². The van der Waals surface area contributed by atoms with Crippen LogP contribution in [0.2, 0.25) is 0 Å². The molecule has 1 heterocycles. The van der Waals surface area contributed by atoms with Crippen LogP contribution in [0, 0.1) is 6.92 Å². The molecule has 0 aromatic heterocycles. The predicted molar refractivity (Wildman–Crippen MR) is 74.4 cm³/mol. The van der Waals surface area contributed by atoms with Crippen LogP contribution in [0.25, 0.3) is 0 Å². The normalized spacial score (nSPS) is 21.2. The van der Waals surface area contributed by atoms with Crippen molar-refractivity contribution < 1.29 is 9.84 Å². The Morgan fingerprint density at radius 3 is 2.78 bits per heavy atom. The van der Waals surface area contributed by atoms with Crippen LogP contribution in [-0.2, 0) is 5.41 Å². The molecule has 1 N–H and O–H groups in total. The fraction of sp³-hybridized carbons (Fsp3) is 0.625. The van der Waals surface area contributed by atoms with Crippen LogP contribution in [0.5, 0.6) is 11.5 Å². The molecule has 1 aromatic rings. The van der Waals surface area contributed by atoms with Gasteiger partial charge in [0.1, 0.15) is 11.5 Å². The maximum Gasteiger partial charge on any atom is 0.123 e. The fourth-order valence-corrected chi connectivity index (χ4v) is 2.79. The number of rotatable bonds is 3. The Balaban J connectivity index is 2.31. The van der Waals surface area contributed by atoms with Gasteiger partial charge in [-0.25, -0.2) is 0 Å². The number of unbranched alkanes of at least 4 members (excludes halogenated alkanes) is 1. The van der Waals surface area contributed by atoms with Crippen LogP contribution in [0.15, 0.2) is 12.1 Å². The highest BCUT2D eigenvalue weighted by Crippen LogP contribution is 2.44. The molecule has 0 amide bonds. The van der Waals surface area contributed by atoms with Crippen molar-refractivity contribution in [3.63, 3.8) is 0 Å². The lowest BCUT2D eigenvalue weighted by Gasteiger charge is -2.38. The molecule has 0 bridgehead atoms. The molecule has 1 aliphatic rings. The third kappa shape index (κ3) is 2.47. The molecule has 1 aromatic carbocycles. The Morgan fingerprint density at radius 2 is 2.11 bits per heavy atom. The van der Waals surface area contributed by atoms with E-state index in [2.05, 4.69) is 20.8 Å². The first-order chi connectivity index (χ1) is 8.44. The Kier molecular flexibility index (Phi) is 3.56. The fourth-order valence-electron chi connectivity index (χ4n) is 2.79.